The maximum absolute atomic E-state index is 13.3. The van der Waals surface area contributed by atoms with Gasteiger partial charge in [-0.3, -0.25) is 0 Å². The minimum Gasteiger partial charge on any atom is -0.207 e. The summed E-state index contributed by atoms with van der Waals surface area (Å²) >= 11 is 0. The van der Waals surface area contributed by atoms with Gasteiger partial charge in [0.1, 0.15) is 5.82 Å². The van der Waals surface area contributed by atoms with Crippen LogP contribution in [0.25, 0.3) is 0 Å². The zero-order valence-corrected chi connectivity index (χ0v) is 17.3. The van der Waals surface area contributed by atoms with Crippen LogP contribution in [0.3, 0.4) is 0 Å². The van der Waals surface area contributed by atoms with E-state index in [0.717, 1.165) is 6.42 Å². The molecule has 0 nitrogen and oxygen atoms in total. The third-order valence-corrected chi connectivity index (χ3v) is 7.69. The molecule has 2 aromatic rings. The summed E-state index contributed by atoms with van der Waals surface area (Å²) in [4.78, 5) is 0. The Morgan fingerprint density at radius 3 is 2.48 bits per heavy atom. The molecule has 1 heteroatoms. The van der Waals surface area contributed by atoms with Gasteiger partial charge in [-0.2, -0.15) is 0 Å². The molecule has 2 aliphatic rings. The molecule has 0 bridgehead atoms. The first-order valence-corrected chi connectivity index (χ1v) is 10.7. The minimum atomic E-state index is -0.134. The van der Waals surface area contributed by atoms with Crippen molar-refractivity contribution < 1.29 is 4.39 Å². The number of aryl methyl sites for hydroxylation is 1. The zero-order chi connectivity index (χ0) is 19.2. The van der Waals surface area contributed by atoms with Crippen molar-refractivity contribution in [2.75, 3.05) is 0 Å². The summed E-state index contributed by atoms with van der Waals surface area (Å²) < 4.78 is 13.3. The number of hydrogen-bond acceptors (Lipinski definition) is 0. The van der Waals surface area contributed by atoms with Crippen molar-refractivity contribution >= 4 is 0 Å². The molecule has 3 atom stereocenters. The van der Waals surface area contributed by atoms with E-state index in [1.807, 2.05) is 12.1 Å². The van der Waals surface area contributed by atoms with Crippen LogP contribution in [0.5, 0.6) is 0 Å². The lowest BCUT2D eigenvalue weighted by Crippen LogP contribution is -2.50. The Balaban J connectivity index is 1.68. The molecule has 0 heterocycles. The van der Waals surface area contributed by atoms with Gasteiger partial charge in [-0.05, 0) is 89.2 Å². The van der Waals surface area contributed by atoms with E-state index >= 15 is 0 Å². The van der Waals surface area contributed by atoms with Crippen molar-refractivity contribution in [1.29, 1.82) is 0 Å². The Morgan fingerprint density at radius 2 is 1.78 bits per heavy atom. The van der Waals surface area contributed by atoms with E-state index in [1.54, 1.807) is 23.3 Å². The molecule has 0 radical (unpaired) electrons. The molecule has 0 saturated heterocycles. The quantitative estimate of drug-likeness (QED) is 0.540. The number of hydrogen-bond donors (Lipinski definition) is 0. The first-order chi connectivity index (χ1) is 12.8. The molecule has 0 amide bonds. The van der Waals surface area contributed by atoms with E-state index in [9.17, 15) is 4.39 Å². The molecule has 0 spiro atoms. The van der Waals surface area contributed by atoms with Crippen LogP contribution in [0, 0.1) is 17.2 Å². The molecule has 3 unspecified atom stereocenters. The largest absolute Gasteiger partial charge is 0.207 e. The molecule has 2 aromatic carbocycles. The molecular weight excluding hydrogens is 331 g/mol. The lowest BCUT2D eigenvalue weighted by Gasteiger charge is -2.56. The summed E-state index contributed by atoms with van der Waals surface area (Å²) in [6.45, 7) is 9.59. The van der Waals surface area contributed by atoms with Gasteiger partial charge in [0.25, 0.3) is 0 Å². The Kier molecular flexibility index (Phi) is 4.69. The average Bonchev–Trinajstić information content (AvgIpc) is 2.63. The van der Waals surface area contributed by atoms with Gasteiger partial charge >= 0.3 is 0 Å². The lowest BCUT2D eigenvalue weighted by atomic mass is 9.49. The smallest absolute Gasteiger partial charge is 0.123 e. The zero-order valence-electron chi connectivity index (χ0n) is 17.3. The fourth-order valence-corrected chi connectivity index (χ4v) is 6.28. The molecule has 4 rings (SSSR count). The average molecular weight is 365 g/mol. The van der Waals surface area contributed by atoms with Crippen LogP contribution < -0.4 is 0 Å². The monoisotopic (exact) mass is 364 g/mol. The Bertz CT molecular complexity index is 819. The second-order valence-corrected chi connectivity index (χ2v) is 9.89. The van der Waals surface area contributed by atoms with Crippen LogP contribution in [-0.4, -0.2) is 0 Å². The molecular formula is C26H33F. The third kappa shape index (κ3) is 3.24. The van der Waals surface area contributed by atoms with Crippen molar-refractivity contribution in [2.45, 2.75) is 77.6 Å². The van der Waals surface area contributed by atoms with E-state index in [1.165, 1.54) is 43.2 Å². The predicted molar refractivity (Wildman–Crippen MR) is 112 cm³/mol. The van der Waals surface area contributed by atoms with Gasteiger partial charge in [-0.1, -0.05) is 64.4 Å². The predicted octanol–water partition coefficient (Wildman–Crippen LogP) is 7.20. The Morgan fingerprint density at radius 1 is 1.04 bits per heavy atom. The Hall–Kier alpha value is -1.63. The van der Waals surface area contributed by atoms with E-state index in [0.29, 0.717) is 17.3 Å². The number of halogens is 1. The van der Waals surface area contributed by atoms with Crippen LogP contribution >= 0.6 is 0 Å². The highest BCUT2D eigenvalue weighted by atomic mass is 19.1. The molecule has 2 aliphatic carbocycles. The maximum Gasteiger partial charge on any atom is 0.123 e. The van der Waals surface area contributed by atoms with Gasteiger partial charge in [-0.15, -0.1) is 0 Å². The fraction of sp³-hybridized carbons (Fsp3) is 0.538. The standard InChI is InChI=1S/C26H33F/c1-18(2)20-8-12-23-21(16-20)9-13-24-25(3,14-5-15-26(23,24)4)17-19-6-10-22(27)11-7-19/h6-8,10-12,16,18,24H,5,9,13-15,17H2,1-4H3. The van der Waals surface area contributed by atoms with E-state index < -0.39 is 0 Å². The number of rotatable bonds is 3. The summed E-state index contributed by atoms with van der Waals surface area (Å²) in [6, 6.07) is 14.5. The van der Waals surface area contributed by atoms with Crippen molar-refractivity contribution in [2.24, 2.45) is 11.3 Å². The van der Waals surface area contributed by atoms with Crippen molar-refractivity contribution in [1.82, 2.24) is 0 Å². The summed E-state index contributed by atoms with van der Waals surface area (Å²) in [5.41, 5.74) is 6.51. The summed E-state index contributed by atoms with van der Waals surface area (Å²) in [6.07, 6.45) is 7.41. The first kappa shape index (κ1) is 18.7. The molecule has 0 N–H and O–H groups in total. The van der Waals surface area contributed by atoms with E-state index in [4.69, 9.17) is 0 Å². The highest BCUT2D eigenvalue weighted by Gasteiger charge is 2.51. The van der Waals surface area contributed by atoms with Gasteiger partial charge in [0.15, 0.2) is 0 Å². The summed E-state index contributed by atoms with van der Waals surface area (Å²) in [5.74, 6) is 1.15. The van der Waals surface area contributed by atoms with Crippen LogP contribution in [0.4, 0.5) is 4.39 Å². The molecule has 0 aliphatic heterocycles. The molecule has 0 aromatic heterocycles. The topological polar surface area (TPSA) is 0 Å². The maximum atomic E-state index is 13.3. The van der Waals surface area contributed by atoms with E-state index in [-0.39, 0.29) is 11.2 Å². The second kappa shape index (κ2) is 6.76. The summed E-state index contributed by atoms with van der Waals surface area (Å²) in [5, 5.41) is 0. The highest BCUT2D eigenvalue weighted by Crippen LogP contribution is 2.58. The first-order valence-electron chi connectivity index (χ1n) is 10.7. The van der Waals surface area contributed by atoms with Gasteiger partial charge in [0.05, 0.1) is 0 Å². The van der Waals surface area contributed by atoms with Gasteiger partial charge in [0.2, 0.25) is 0 Å². The van der Waals surface area contributed by atoms with Crippen molar-refractivity contribution in [3.05, 3.63) is 70.5 Å². The fourth-order valence-electron chi connectivity index (χ4n) is 6.28. The number of fused-ring (bicyclic) bond motifs is 3. The lowest BCUT2D eigenvalue weighted by molar-refractivity contribution is 0.0258. The second-order valence-electron chi connectivity index (χ2n) is 9.89. The molecule has 1 fully saturated rings. The van der Waals surface area contributed by atoms with Crippen LogP contribution in [-0.2, 0) is 18.3 Å². The molecule has 1 saturated carbocycles. The molecule has 27 heavy (non-hydrogen) atoms. The highest BCUT2D eigenvalue weighted by molar-refractivity contribution is 5.42. The SMILES string of the molecule is CC(C)c1ccc2c(c1)CCC1C(C)(Cc3ccc(F)cc3)CCCC21C. The van der Waals surface area contributed by atoms with Gasteiger partial charge in [-0.25, -0.2) is 4.39 Å². The van der Waals surface area contributed by atoms with Crippen molar-refractivity contribution in [3.63, 3.8) is 0 Å². The van der Waals surface area contributed by atoms with Gasteiger partial charge < -0.3 is 0 Å². The van der Waals surface area contributed by atoms with Gasteiger partial charge in [0, 0.05) is 0 Å². The van der Waals surface area contributed by atoms with E-state index in [2.05, 4.69) is 45.9 Å². The van der Waals surface area contributed by atoms with Crippen molar-refractivity contribution in [3.8, 4) is 0 Å². The summed E-state index contributed by atoms with van der Waals surface area (Å²) in [7, 11) is 0. The van der Waals surface area contributed by atoms with Crippen LogP contribution in [0.15, 0.2) is 42.5 Å². The number of benzene rings is 2. The van der Waals surface area contributed by atoms with Crippen LogP contribution in [0.2, 0.25) is 0 Å². The third-order valence-electron chi connectivity index (χ3n) is 7.69. The van der Waals surface area contributed by atoms with Crippen LogP contribution in [0.1, 0.15) is 81.5 Å². The Labute approximate surface area is 164 Å². The molecule has 144 valence electrons. The minimum absolute atomic E-state index is 0.134. The normalized spacial score (nSPS) is 30.1.